The SMILES string of the molecule is CCNC(C)c1ccc(Br)cc1N(CCOC)C(C)C. The van der Waals surface area contributed by atoms with E-state index in [9.17, 15) is 0 Å². The van der Waals surface area contributed by atoms with Gasteiger partial charge in [-0.25, -0.2) is 0 Å². The van der Waals surface area contributed by atoms with Crippen LogP contribution in [0.3, 0.4) is 0 Å². The summed E-state index contributed by atoms with van der Waals surface area (Å²) < 4.78 is 6.37. The molecule has 1 aromatic rings. The molecule has 0 aliphatic carbocycles. The summed E-state index contributed by atoms with van der Waals surface area (Å²) in [6.07, 6.45) is 0. The topological polar surface area (TPSA) is 24.5 Å². The standard InChI is InChI=1S/C16H27BrN2O/c1-6-18-13(4)15-8-7-14(17)11-16(15)19(12(2)3)9-10-20-5/h7-8,11-13,18H,6,9-10H2,1-5H3. The fourth-order valence-electron chi connectivity index (χ4n) is 2.39. The van der Waals surface area contributed by atoms with Crippen molar-refractivity contribution in [1.82, 2.24) is 5.32 Å². The van der Waals surface area contributed by atoms with Crippen molar-refractivity contribution in [3.05, 3.63) is 28.2 Å². The van der Waals surface area contributed by atoms with Crippen molar-refractivity contribution in [3.63, 3.8) is 0 Å². The minimum absolute atomic E-state index is 0.340. The number of ether oxygens (including phenoxy) is 1. The first-order valence-electron chi connectivity index (χ1n) is 7.29. The summed E-state index contributed by atoms with van der Waals surface area (Å²) in [5, 5.41) is 3.50. The molecule has 1 N–H and O–H groups in total. The first-order chi connectivity index (χ1) is 9.51. The lowest BCUT2D eigenvalue weighted by molar-refractivity contribution is 0.203. The maximum Gasteiger partial charge on any atom is 0.0637 e. The Bertz CT molecular complexity index is 409. The minimum Gasteiger partial charge on any atom is -0.383 e. The van der Waals surface area contributed by atoms with Crippen LogP contribution in [-0.2, 0) is 4.74 Å². The van der Waals surface area contributed by atoms with Gasteiger partial charge in [-0.1, -0.05) is 28.9 Å². The van der Waals surface area contributed by atoms with E-state index in [0.29, 0.717) is 12.1 Å². The second-order valence-corrected chi connectivity index (χ2v) is 6.18. The third kappa shape index (κ3) is 4.76. The summed E-state index contributed by atoms with van der Waals surface area (Å²) in [7, 11) is 1.75. The minimum atomic E-state index is 0.340. The Morgan fingerprint density at radius 2 is 2.00 bits per heavy atom. The van der Waals surface area contributed by atoms with Crippen molar-refractivity contribution < 1.29 is 4.74 Å². The van der Waals surface area contributed by atoms with Crippen molar-refractivity contribution in [3.8, 4) is 0 Å². The molecule has 0 aromatic heterocycles. The highest BCUT2D eigenvalue weighted by molar-refractivity contribution is 9.10. The van der Waals surface area contributed by atoms with Crippen LogP contribution in [0.2, 0.25) is 0 Å². The van der Waals surface area contributed by atoms with Gasteiger partial charge in [-0.15, -0.1) is 0 Å². The van der Waals surface area contributed by atoms with Gasteiger partial charge in [0.1, 0.15) is 0 Å². The number of hydrogen-bond acceptors (Lipinski definition) is 3. The van der Waals surface area contributed by atoms with Gasteiger partial charge in [-0.05, 0) is 45.0 Å². The fraction of sp³-hybridized carbons (Fsp3) is 0.625. The van der Waals surface area contributed by atoms with E-state index >= 15 is 0 Å². The van der Waals surface area contributed by atoms with Gasteiger partial charge < -0.3 is 15.0 Å². The van der Waals surface area contributed by atoms with Crippen LogP contribution in [0.5, 0.6) is 0 Å². The summed E-state index contributed by atoms with van der Waals surface area (Å²) in [5.41, 5.74) is 2.61. The maximum atomic E-state index is 5.25. The van der Waals surface area contributed by atoms with Crippen molar-refractivity contribution in [1.29, 1.82) is 0 Å². The Morgan fingerprint density at radius 1 is 1.30 bits per heavy atom. The van der Waals surface area contributed by atoms with Crippen LogP contribution in [0.4, 0.5) is 5.69 Å². The Labute approximate surface area is 131 Å². The van der Waals surface area contributed by atoms with Gasteiger partial charge in [0.25, 0.3) is 0 Å². The highest BCUT2D eigenvalue weighted by atomic mass is 79.9. The summed E-state index contributed by atoms with van der Waals surface area (Å²) in [5.74, 6) is 0. The van der Waals surface area contributed by atoms with Gasteiger partial charge >= 0.3 is 0 Å². The molecule has 4 heteroatoms. The van der Waals surface area contributed by atoms with Crippen LogP contribution in [0.15, 0.2) is 22.7 Å². The fourth-order valence-corrected chi connectivity index (χ4v) is 2.74. The summed E-state index contributed by atoms with van der Waals surface area (Å²) in [6.45, 7) is 11.4. The van der Waals surface area contributed by atoms with Crippen LogP contribution < -0.4 is 10.2 Å². The molecule has 0 heterocycles. The molecular formula is C16H27BrN2O. The Kier molecular flexibility index (Phi) is 7.56. The molecule has 1 rings (SSSR count). The summed E-state index contributed by atoms with van der Waals surface area (Å²) in [4.78, 5) is 2.40. The molecule has 20 heavy (non-hydrogen) atoms. The average molecular weight is 343 g/mol. The van der Waals surface area contributed by atoms with Gasteiger partial charge in [0.15, 0.2) is 0 Å². The largest absolute Gasteiger partial charge is 0.383 e. The van der Waals surface area contributed by atoms with Crippen LogP contribution in [-0.4, -0.2) is 32.8 Å². The van der Waals surface area contributed by atoms with Crippen molar-refractivity contribution in [2.24, 2.45) is 0 Å². The van der Waals surface area contributed by atoms with E-state index in [4.69, 9.17) is 4.74 Å². The van der Waals surface area contributed by atoms with Gasteiger partial charge in [0, 0.05) is 35.9 Å². The summed E-state index contributed by atoms with van der Waals surface area (Å²) >= 11 is 3.59. The lowest BCUT2D eigenvalue weighted by atomic mass is 10.0. The highest BCUT2D eigenvalue weighted by Crippen LogP contribution is 2.31. The number of halogens is 1. The van der Waals surface area contributed by atoms with Gasteiger partial charge in [0.2, 0.25) is 0 Å². The first-order valence-corrected chi connectivity index (χ1v) is 8.09. The smallest absolute Gasteiger partial charge is 0.0637 e. The van der Waals surface area contributed by atoms with Crippen LogP contribution in [0.1, 0.15) is 39.3 Å². The normalized spacial score (nSPS) is 12.8. The molecule has 1 aromatic carbocycles. The molecule has 0 saturated carbocycles. The molecule has 114 valence electrons. The number of rotatable bonds is 8. The van der Waals surface area contributed by atoms with E-state index in [1.54, 1.807) is 7.11 Å². The van der Waals surface area contributed by atoms with Gasteiger partial charge in [0.05, 0.1) is 6.61 Å². The third-order valence-electron chi connectivity index (χ3n) is 3.44. The molecule has 0 radical (unpaired) electrons. The number of anilines is 1. The predicted molar refractivity (Wildman–Crippen MR) is 90.6 cm³/mol. The Hall–Kier alpha value is -0.580. The molecule has 1 unspecified atom stereocenters. The van der Waals surface area contributed by atoms with Crippen molar-refractivity contribution in [2.75, 3.05) is 31.7 Å². The van der Waals surface area contributed by atoms with E-state index in [1.807, 2.05) is 0 Å². The number of methoxy groups -OCH3 is 1. The molecule has 0 bridgehead atoms. The molecule has 0 spiro atoms. The van der Waals surface area contributed by atoms with Crippen LogP contribution in [0.25, 0.3) is 0 Å². The average Bonchev–Trinajstić information content (AvgIpc) is 2.39. The molecule has 0 amide bonds. The van der Waals surface area contributed by atoms with Gasteiger partial charge in [-0.3, -0.25) is 0 Å². The van der Waals surface area contributed by atoms with E-state index in [2.05, 4.69) is 72.0 Å². The first kappa shape index (κ1) is 17.5. The van der Waals surface area contributed by atoms with E-state index < -0.39 is 0 Å². The summed E-state index contributed by atoms with van der Waals surface area (Å²) in [6, 6.07) is 7.30. The molecule has 3 nitrogen and oxygen atoms in total. The Balaban J connectivity index is 3.13. The molecular weight excluding hydrogens is 316 g/mol. The van der Waals surface area contributed by atoms with E-state index in [-0.39, 0.29) is 0 Å². The second kappa shape index (κ2) is 8.65. The Morgan fingerprint density at radius 3 is 2.55 bits per heavy atom. The lowest BCUT2D eigenvalue weighted by Crippen LogP contribution is -2.35. The zero-order valence-corrected chi connectivity index (χ0v) is 14.8. The molecule has 0 aliphatic heterocycles. The number of benzene rings is 1. The molecule has 0 saturated heterocycles. The monoisotopic (exact) mass is 342 g/mol. The molecule has 1 atom stereocenters. The van der Waals surface area contributed by atoms with Crippen LogP contribution in [0, 0.1) is 0 Å². The van der Waals surface area contributed by atoms with Crippen molar-refractivity contribution in [2.45, 2.75) is 39.8 Å². The van der Waals surface area contributed by atoms with Gasteiger partial charge in [-0.2, -0.15) is 0 Å². The lowest BCUT2D eigenvalue weighted by Gasteiger charge is -2.32. The second-order valence-electron chi connectivity index (χ2n) is 5.26. The highest BCUT2D eigenvalue weighted by Gasteiger charge is 2.17. The predicted octanol–water partition coefficient (Wildman–Crippen LogP) is 3.98. The van der Waals surface area contributed by atoms with E-state index in [0.717, 1.165) is 24.2 Å². The number of nitrogens with zero attached hydrogens (tertiary/aromatic N) is 1. The quantitative estimate of drug-likeness (QED) is 0.773. The van der Waals surface area contributed by atoms with E-state index in [1.165, 1.54) is 11.3 Å². The number of hydrogen-bond donors (Lipinski definition) is 1. The zero-order valence-electron chi connectivity index (χ0n) is 13.2. The number of nitrogens with one attached hydrogen (secondary N) is 1. The van der Waals surface area contributed by atoms with Crippen LogP contribution >= 0.6 is 15.9 Å². The zero-order chi connectivity index (χ0) is 15.1. The van der Waals surface area contributed by atoms with Crippen molar-refractivity contribution >= 4 is 21.6 Å². The third-order valence-corrected chi connectivity index (χ3v) is 3.93. The molecule has 0 aliphatic rings. The maximum absolute atomic E-state index is 5.25. The molecule has 0 fully saturated rings.